The number of nitro groups is 1. The molecule has 1 amide bonds. The predicted octanol–water partition coefficient (Wildman–Crippen LogP) is 3.90. The first kappa shape index (κ1) is 16.4. The molecule has 0 saturated heterocycles. The average molecular weight is 372 g/mol. The van der Waals surface area contributed by atoms with Crippen LogP contribution in [0.2, 0.25) is 0 Å². The number of benzene rings is 2. The maximum Gasteiger partial charge on any atom is 0.270 e. The highest BCUT2D eigenvalue weighted by molar-refractivity contribution is 9.10. The molecule has 0 aromatic heterocycles. The molecule has 2 aromatic rings. The van der Waals surface area contributed by atoms with Gasteiger partial charge in [-0.2, -0.15) is 5.26 Å². The van der Waals surface area contributed by atoms with Crippen molar-refractivity contribution in [2.45, 2.75) is 0 Å². The summed E-state index contributed by atoms with van der Waals surface area (Å²) in [5.41, 5.74) is 0.897. The predicted molar refractivity (Wildman–Crippen MR) is 89.5 cm³/mol. The van der Waals surface area contributed by atoms with Gasteiger partial charge in [0.25, 0.3) is 11.6 Å². The molecule has 114 valence electrons. The van der Waals surface area contributed by atoms with Crippen LogP contribution in [0.3, 0.4) is 0 Å². The van der Waals surface area contributed by atoms with E-state index in [4.69, 9.17) is 5.26 Å². The molecule has 0 saturated carbocycles. The lowest BCUT2D eigenvalue weighted by molar-refractivity contribution is -0.384. The van der Waals surface area contributed by atoms with E-state index in [-0.39, 0.29) is 11.3 Å². The second kappa shape index (κ2) is 7.33. The minimum atomic E-state index is -0.592. The summed E-state index contributed by atoms with van der Waals surface area (Å²) in [6.45, 7) is 0. The molecular weight excluding hydrogens is 362 g/mol. The van der Waals surface area contributed by atoms with Gasteiger partial charge in [-0.05, 0) is 33.6 Å². The molecule has 7 heteroatoms. The Morgan fingerprint density at radius 1 is 1.26 bits per heavy atom. The third-order valence-corrected chi connectivity index (χ3v) is 3.54. The molecule has 6 nitrogen and oxygen atoms in total. The number of amides is 1. The fourth-order valence-electron chi connectivity index (χ4n) is 1.77. The molecular formula is C16H10BrN3O3. The topological polar surface area (TPSA) is 96.0 Å². The fraction of sp³-hybridized carbons (Fsp3) is 0. The molecule has 0 fully saturated rings. The van der Waals surface area contributed by atoms with Crippen molar-refractivity contribution in [3.8, 4) is 6.07 Å². The molecule has 0 aliphatic heterocycles. The van der Waals surface area contributed by atoms with Crippen LogP contribution in [0.15, 0.2) is 58.6 Å². The van der Waals surface area contributed by atoms with Crippen LogP contribution in [0.25, 0.3) is 6.08 Å². The van der Waals surface area contributed by atoms with Crippen LogP contribution in [0.5, 0.6) is 0 Å². The van der Waals surface area contributed by atoms with Gasteiger partial charge in [0.1, 0.15) is 11.6 Å². The number of halogens is 1. The Morgan fingerprint density at radius 2 is 1.96 bits per heavy atom. The van der Waals surface area contributed by atoms with Gasteiger partial charge < -0.3 is 5.32 Å². The number of hydrogen-bond acceptors (Lipinski definition) is 4. The van der Waals surface area contributed by atoms with Crippen LogP contribution < -0.4 is 5.32 Å². The van der Waals surface area contributed by atoms with Gasteiger partial charge in [0.2, 0.25) is 0 Å². The van der Waals surface area contributed by atoms with E-state index >= 15 is 0 Å². The summed E-state index contributed by atoms with van der Waals surface area (Å²) in [7, 11) is 0. The van der Waals surface area contributed by atoms with Gasteiger partial charge in [0.15, 0.2) is 0 Å². The van der Waals surface area contributed by atoms with Gasteiger partial charge in [-0.3, -0.25) is 14.9 Å². The highest BCUT2D eigenvalue weighted by Gasteiger charge is 2.14. The Bertz CT molecular complexity index is 826. The molecule has 0 aliphatic carbocycles. The zero-order valence-electron chi connectivity index (χ0n) is 11.7. The Hall–Kier alpha value is -2.98. The van der Waals surface area contributed by atoms with Gasteiger partial charge in [-0.1, -0.05) is 30.3 Å². The molecule has 23 heavy (non-hydrogen) atoms. The van der Waals surface area contributed by atoms with Crippen molar-refractivity contribution in [3.63, 3.8) is 0 Å². The Morgan fingerprint density at radius 3 is 2.52 bits per heavy atom. The van der Waals surface area contributed by atoms with Crippen LogP contribution in [0.1, 0.15) is 5.56 Å². The summed E-state index contributed by atoms with van der Waals surface area (Å²) in [4.78, 5) is 22.3. The summed E-state index contributed by atoms with van der Waals surface area (Å²) in [5.74, 6) is -0.592. The first-order valence-corrected chi connectivity index (χ1v) is 7.22. The smallest absolute Gasteiger partial charge is 0.270 e. The second-order valence-corrected chi connectivity index (χ2v) is 5.31. The van der Waals surface area contributed by atoms with E-state index < -0.39 is 10.8 Å². The lowest BCUT2D eigenvalue weighted by Crippen LogP contribution is -2.13. The zero-order valence-corrected chi connectivity index (χ0v) is 13.3. The van der Waals surface area contributed by atoms with Crippen molar-refractivity contribution in [2.75, 3.05) is 5.32 Å². The summed E-state index contributed by atoms with van der Waals surface area (Å²) in [5, 5.41) is 22.4. The number of nitro benzene ring substituents is 1. The molecule has 2 aromatic carbocycles. The lowest BCUT2D eigenvalue weighted by atomic mass is 10.1. The van der Waals surface area contributed by atoms with Crippen molar-refractivity contribution in [1.29, 1.82) is 5.26 Å². The summed E-state index contributed by atoms with van der Waals surface area (Å²) >= 11 is 3.16. The maximum absolute atomic E-state index is 12.2. The number of carbonyl (C=O) groups excluding carboxylic acids is 1. The van der Waals surface area contributed by atoms with Gasteiger partial charge >= 0.3 is 0 Å². The molecule has 0 unspecified atom stereocenters. The van der Waals surface area contributed by atoms with E-state index in [1.54, 1.807) is 24.3 Å². The first-order valence-electron chi connectivity index (χ1n) is 6.43. The number of anilines is 1. The average Bonchev–Trinajstić information content (AvgIpc) is 2.55. The van der Waals surface area contributed by atoms with Gasteiger partial charge in [0, 0.05) is 16.6 Å². The molecule has 0 bridgehead atoms. The standard InChI is InChI=1S/C16H10BrN3O3/c17-14-9-13(20(22)23)6-7-15(14)19-16(21)12(10-18)8-11-4-2-1-3-5-11/h1-9H,(H,19,21)/b12-8+. The maximum atomic E-state index is 12.2. The van der Waals surface area contributed by atoms with Crippen LogP contribution in [-0.2, 0) is 4.79 Å². The van der Waals surface area contributed by atoms with Crippen LogP contribution >= 0.6 is 15.9 Å². The molecule has 0 aliphatic rings. The number of nitrogens with zero attached hydrogens (tertiary/aromatic N) is 2. The molecule has 2 rings (SSSR count). The third kappa shape index (κ3) is 4.25. The Balaban J connectivity index is 2.22. The number of non-ortho nitro benzene ring substituents is 1. The minimum Gasteiger partial charge on any atom is -0.320 e. The van der Waals surface area contributed by atoms with Crippen molar-refractivity contribution in [2.24, 2.45) is 0 Å². The van der Waals surface area contributed by atoms with Crippen molar-refractivity contribution < 1.29 is 9.72 Å². The van der Waals surface area contributed by atoms with E-state index in [1.165, 1.54) is 24.3 Å². The van der Waals surface area contributed by atoms with Crippen molar-refractivity contribution >= 4 is 39.3 Å². The lowest BCUT2D eigenvalue weighted by Gasteiger charge is -2.06. The van der Waals surface area contributed by atoms with Crippen molar-refractivity contribution in [1.82, 2.24) is 0 Å². The largest absolute Gasteiger partial charge is 0.320 e. The van der Waals surface area contributed by atoms with E-state index in [9.17, 15) is 14.9 Å². The van der Waals surface area contributed by atoms with Gasteiger partial charge in [0.05, 0.1) is 10.6 Å². The summed E-state index contributed by atoms with van der Waals surface area (Å²) < 4.78 is 0.358. The summed E-state index contributed by atoms with van der Waals surface area (Å²) in [6, 6.07) is 14.8. The van der Waals surface area contributed by atoms with Crippen molar-refractivity contribution in [3.05, 3.63) is 74.3 Å². The van der Waals surface area contributed by atoms with Crippen LogP contribution in [0.4, 0.5) is 11.4 Å². The Labute approximate surface area is 140 Å². The number of nitrogens with one attached hydrogen (secondary N) is 1. The summed E-state index contributed by atoms with van der Waals surface area (Å²) in [6.07, 6.45) is 1.47. The molecule has 0 radical (unpaired) electrons. The second-order valence-electron chi connectivity index (χ2n) is 4.46. The highest BCUT2D eigenvalue weighted by Crippen LogP contribution is 2.27. The third-order valence-electron chi connectivity index (χ3n) is 2.89. The van der Waals surface area contributed by atoms with E-state index in [0.29, 0.717) is 10.2 Å². The SMILES string of the molecule is N#C/C(=C\c1ccccc1)C(=O)Nc1ccc([N+](=O)[O-])cc1Br. The van der Waals surface area contributed by atoms with Gasteiger partial charge in [-0.25, -0.2) is 0 Å². The van der Waals surface area contributed by atoms with E-state index in [2.05, 4.69) is 21.2 Å². The van der Waals surface area contributed by atoms with E-state index in [0.717, 1.165) is 5.56 Å². The highest BCUT2D eigenvalue weighted by atomic mass is 79.9. The Kier molecular flexibility index (Phi) is 5.23. The number of hydrogen-bond donors (Lipinski definition) is 1. The fourth-order valence-corrected chi connectivity index (χ4v) is 2.24. The minimum absolute atomic E-state index is 0.0681. The number of rotatable bonds is 4. The van der Waals surface area contributed by atoms with Gasteiger partial charge in [-0.15, -0.1) is 0 Å². The quantitative estimate of drug-likeness (QED) is 0.381. The van der Waals surface area contributed by atoms with E-state index in [1.807, 2.05) is 12.1 Å². The monoisotopic (exact) mass is 371 g/mol. The number of nitriles is 1. The molecule has 0 heterocycles. The number of carbonyl (C=O) groups is 1. The normalized spacial score (nSPS) is 10.7. The van der Waals surface area contributed by atoms with Crippen LogP contribution in [-0.4, -0.2) is 10.8 Å². The molecule has 0 spiro atoms. The molecule has 1 N–H and O–H groups in total. The zero-order chi connectivity index (χ0) is 16.8. The first-order chi connectivity index (χ1) is 11.0. The van der Waals surface area contributed by atoms with Crippen LogP contribution in [0, 0.1) is 21.4 Å². The molecule has 0 atom stereocenters.